The molecular weight excluding hydrogens is 350 g/mol. The van der Waals surface area contributed by atoms with Crippen LogP contribution in [0.5, 0.6) is 0 Å². The van der Waals surface area contributed by atoms with Gasteiger partial charge in [-0.1, -0.05) is 72.8 Å². The molecule has 0 aliphatic heterocycles. The van der Waals surface area contributed by atoms with E-state index in [1.165, 1.54) is 60.5 Å². The van der Waals surface area contributed by atoms with Gasteiger partial charge in [-0.2, -0.15) is 0 Å². The molecule has 134 valence electrons. The van der Waals surface area contributed by atoms with Gasteiger partial charge in [0.05, 0.1) is 11.0 Å². The highest BCUT2D eigenvalue weighted by Gasteiger charge is 2.22. The number of hydrogen-bond donors (Lipinski definition) is 0. The topological polar surface area (TPSA) is 4.93 Å². The molecule has 0 radical (unpaired) electrons. The van der Waals surface area contributed by atoms with Crippen LogP contribution in [-0.2, 0) is 0 Å². The van der Waals surface area contributed by atoms with Crippen LogP contribution in [0.4, 0.5) is 0 Å². The average Bonchev–Trinajstić information content (AvgIpc) is 3.41. The van der Waals surface area contributed by atoms with E-state index in [1.54, 1.807) is 0 Å². The summed E-state index contributed by atoms with van der Waals surface area (Å²) in [6.07, 6.45) is 0. The molecule has 7 rings (SSSR count). The largest absolute Gasteiger partial charge is 0.309 e. The highest BCUT2D eigenvalue weighted by atomic mass is 15.0. The van der Waals surface area contributed by atoms with E-state index < -0.39 is 0 Å². The third-order valence-corrected chi connectivity index (χ3v) is 6.27. The first-order valence-corrected chi connectivity index (χ1v) is 10.1. The predicted molar refractivity (Wildman–Crippen MR) is 123 cm³/mol. The Labute approximate surface area is 168 Å². The molecule has 1 heterocycles. The standard InChI is InChI=1S/C28H17N/c1-2-7-19(8-3-1)29-26-12-5-4-9-21(26)25-17-18(13-16-27(25)29)20-14-15-24-23-11-6-10-22(20)28(23)24/h1-17H. The van der Waals surface area contributed by atoms with Crippen molar-refractivity contribution in [2.75, 3.05) is 0 Å². The Balaban J connectivity index is 1.55. The second kappa shape index (κ2) is 5.36. The summed E-state index contributed by atoms with van der Waals surface area (Å²) >= 11 is 0. The van der Waals surface area contributed by atoms with Gasteiger partial charge in [0.1, 0.15) is 0 Å². The number of benzene rings is 5. The number of para-hydroxylation sites is 2. The number of nitrogens with zero attached hydrogens (tertiary/aromatic N) is 1. The van der Waals surface area contributed by atoms with Crippen LogP contribution < -0.4 is 0 Å². The lowest BCUT2D eigenvalue weighted by molar-refractivity contribution is 1.18. The highest BCUT2D eigenvalue weighted by molar-refractivity contribution is 6.24. The SMILES string of the molecule is c1ccc(-n2c3ccccc3c3cc(-c4ccc5c6c-5cccc46)ccc32)cc1. The fourth-order valence-corrected chi connectivity index (χ4v) is 4.91. The molecule has 0 fully saturated rings. The van der Waals surface area contributed by atoms with Crippen LogP contribution in [0.15, 0.2) is 103 Å². The van der Waals surface area contributed by atoms with Crippen LogP contribution in [0.2, 0.25) is 0 Å². The van der Waals surface area contributed by atoms with Crippen molar-refractivity contribution >= 4 is 32.6 Å². The molecule has 1 aliphatic rings. The minimum absolute atomic E-state index is 1.20. The van der Waals surface area contributed by atoms with Crippen LogP contribution in [0.1, 0.15) is 0 Å². The van der Waals surface area contributed by atoms with Gasteiger partial charge in [-0.05, 0) is 63.4 Å². The summed E-state index contributed by atoms with van der Waals surface area (Å²) in [7, 11) is 0. The van der Waals surface area contributed by atoms with Crippen molar-refractivity contribution in [1.29, 1.82) is 0 Å². The first-order valence-electron chi connectivity index (χ1n) is 10.1. The van der Waals surface area contributed by atoms with Gasteiger partial charge in [-0.25, -0.2) is 0 Å². The van der Waals surface area contributed by atoms with E-state index in [4.69, 9.17) is 0 Å². The lowest BCUT2D eigenvalue weighted by Gasteiger charge is -2.08. The Morgan fingerprint density at radius 1 is 0.448 bits per heavy atom. The van der Waals surface area contributed by atoms with Crippen LogP contribution in [0, 0.1) is 0 Å². The van der Waals surface area contributed by atoms with Gasteiger partial charge < -0.3 is 4.57 Å². The van der Waals surface area contributed by atoms with Gasteiger partial charge >= 0.3 is 0 Å². The molecule has 1 aliphatic carbocycles. The summed E-state index contributed by atoms with van der Waals surface area (Å²) in [4.78, 5) is 0. The molecule has 6 aromatic rings. The third-order valence-electron chi connectivity index (χ3n) is 6.27. The Morgan fingerprint density at radius 2 is 1.17 bits per heavy atom. The molecule has 1 aromatic heterocycles. The van der Waals surface area contributed by atoms with Crippen LogP contribution >= 0.6 is 0 Å². The zero-order valence-electron chi connectivity index (χ0n) is 15.8. The second-order valence-electron chi connectivity index (χ2n) is 7.81. The Hall–Kier alpha value is -3.84. The lowest BCUT2D eigenvalue weighted by Crippen LogP contribution is -1.92. The molecule has 0 N–H and O–H groups in total. The molecule has 5 aromatic carbocycles. The summed E-state index contributed by atoms with van der Waals surface area (Å²) in [5.41, 5.74) is 9.12. The van der Waals surface area contributed by atoms with E-state index in [-0.39, 0.29) is 0 Å². The fraction of sp³-hybridized carbons (Fsp3) is 0. The van der Waals surface area contributed by atoms with Crippen molar-refractivity contribution < 1.29 is 0 Å². The van der Waals surface area contributed by atoms with E-state index in [0.29, 0.717) is 0 Å². The molecule has 0 bridgehead atoms. The maximum Gasteiger partial charge on any atom is 0.0541 e. The average molecular weight is 367 g/mol. The van der Waals surface area contributed by atoms with Gasteiger partial charge in [0, 0.05) is 16.5 Å². The number of aromatic nitrogens is 1. The van der Waals surface area contributed by atoms with E-state index >= 15 is 0 Å². The smallest absolute Gasteiger partial charge is 0.0541 e. The van der Waals surface area contributed by atoms with E-state index in [0.717, 1.165) is 0 Å². The summed E-state index contributed by atoms with van der Waals surface area (Å²) < 4.78 is 2.37. The van der Waals surface area contributed by atoms with Gasteiger partial charge in [0.2, 0.25) is 0 Å². The summed E-state index contributed by atoms with van der Waals surface area (Å²) in [6, 6.07) is 37.4. The number of rotatable bonds is 2. The zero-order chi connectivity index (χ0) is 18.9. The lowest BCUT2D eigenvalue weighted by atomic mass is 9.99. The molecule has 0 spiro atoms. The van der Waals surface area contributed by atoms with Crippen molar-refractivity contribution in [3.63, 3.8) is 0 Å². The first kappa shape index (κ1) is 15.1. The molecule has 0 amide bonds. The Kier molecular flexibility index (Phi) is 2.80. The molecule has 0 saturated heterocycles. The Bertz CT molecular complexity index is 1580. The molecule has 1 heteroatoms. The molecule has 0 atom stereocenters. The maximum absolute atomic E-state index is 2.37. The minimum atomic E-state index is 1.20. The van der Waals surface area contributed by atoms with Gasteiger partial charge in [0.25, 0.3) is 0 Å². The van der Waals surface area contributed by atoms with Crippen molar-refractivity contribution in [1.82, 2.24) is 4.57 Å². The van der Waals surface area contributed by atoms with E-state index in [1.807, 2.05) is 0 Å². The number of hydrogen-bond acceptors (Lipinski definition) is 0. The predicted octanol–water partition coefficient (Wildman–Crippen LogP) is 7.58. The van der Waals surface area contributed by atoms with Crippen LogP contribution in [-0.4, -0.2) is 4.57 Å². The first-order chi connectivity index (χ1) is 14.4. The molecular formula is C28H17N. The van der Waals surface area contributed by atoms with Crippen LogP contribution in [0.25, 0.3) is 60.5 Å². The normalized spacial score (nSPS) is 12.1. The number of fused-ring (bicyclic) bond motifs is 4. The maximum atomic E-state index is 2.37. The van der Waals surface area contributed by atoms with E-state index in [2.05, 4.69) is 108 Å². The quantitative estimate of drug-likeness (QED) is 0.297. The summed E-state index contributed by atoms with van der Waals surface area (Å²) in [5, 5.41) is 5.40. The van der Waals surface area contributed by atoms with Crippen molar-refractivity contribution in [2.24, 2.45) is 0 Å². The Morgan fingerprint density at radius 3 is 2.10 bits per heavy atom. The molecule has 0 unspecified atom stereocenters. The van der Waals surface area contributed by atoms with Crippen molar-refractivity contribution in [3.05, 3.63) is 103 Å². The monoisotopic (exact) mass is 367 g/mol. The summed E-state index contributed by atoms with van der Waals surface area (Å²) in [6.45, 7) is 0. The van der Waals surface area contributed by atoms with Crippen molar-refractivity contribution in [3.8, 4) is 27.9 Å². The van der Waals surface area contributed by atoms with Crippen molar-refractivity contribution in [2.45, 2.75) is 0 Å². The fourth-order valence-electron chi connectivity index (χ4n) is 4.91. The van der Waals surface area contributed by atoms with Gasteiger partial charge in [0.15, 0.2) is 0 Å². The molecule has 29 heavy (non-hydrogen) atoms. The summed E-state index contributed by atoms with van der Waals surface area (Å²) in [5.74, 6) is 0. The van der Waals surface area contributed by atoms with Gasteiger partial charge in [-0.15, -0.1) is 0 Å². The second-order valence-corrected chi connectivity index (χ2v) is 7.81. The highest BCUT2D eigenvalue weighted by Crippen LogP contribution is 2.50. The molecule has 1 nitrogen and oxygen atoms in total. The minimum Gasteiger partial charge on any atom is -0.309 e. The van der Waals surface area contributed by atoms with E-state index in [9.17, 15) is 0 Å². The zero-order valence-corrected chi connectivity index (χ0v) is 15.8. The van der Waals surface area contributed by atoms with Gasteiger partial charge in [-0.3, -0.25) is 0 Å². The van der Waals surface area contributed by atoms with Crippen LogP contribution in [0.3, 0.4) is 0 Å². The molecule has 0 saturated carbocycles. The third kappa shape index (κ3) is 1.99.